The van der Waals surface area contributed by atoms with E-state index in [1.165, 1.54) is 0 Å². The zero-order valence-corrected chi connectivity index (χ0v) is 12.3. The fourth-order valence-corrected chi connectivity index (χ4v) is 2.02. The van der Waals surface area contributed by atoms with E-state index in [9.17, 15) is 15.0 Å². The molecule has 5 nitrogen and oxygen atoms in total. The van der Waals surface area contributed by atoms with Crippen LogP contribution in [0.5, 0.6) is 5.75 Å². The van der Waals surface area contributed by atoms with Crippen LogP contribution in [0.1, 0.15) is 26.3 Å². The van der Waals surface area contributed by atoms with E-state index in [1.54, 1.807) is 43.0 Å². The van der Waals surface area contributed by atoms with Crippen LogP contribution in [0.25, 0.3) is 0 Å². The lowest BCUT2D eigenvalue weighted by Gasteiger charge is -2.30. The lowest BCUT2D eigenvalue weighted by atomic mass is 10.0. The van der Waals surface area contributed by atoms with Crippen LogP contribution < -0.4 is 5.73 Å². The molecule has 4 N–H and O–H groups in total. The number of nitrogens with zero attached hydrogens (tertiary/aromatic N) is 1. The summed E-state index contributed by atoms with van der Waals surface area (Å²) in [6.07, 6.45) is 0.404. The maximum absolute atomic E-state index is 12.3. The quantitative estimate of drug-likeness (QED) is 0.722. The second kappa shape index (κ2) is 6.72. The van der Waals surface area contributed by atoms with E-state index in [4.69, 9.17) is 5.73 Å². The second-order valence-corrected chi connectivity index (χ2v) is 5.64. The number of amides is 1. The van der Waals surface area contributed by atoms with E-state index in [1.807, 2.05) is 6.92 Å². The third kappa shape index (κ3) is 5.19. The highest BCUT2D eigenvalue weighted by molar-refractivity contribution is 5.82. The van der Waals surface area contributed by atoms with E-state index < -0.39 is 11.6 Å². The maximum Gasteiger partial charge on any atom is 0.239 e. The van der Waals surface area contributed by atoms with Crippen LogP contribution in [0, 0.1) is 0 Å². The number of hydrogen-bond acceptors (Lipinski definition) is 4. The Labute approximate surface area is 120 Å². The topological polar surface area (TPSA) is 86.8 Å². The molecule has 112 valence electrons. The first-order valence-corrected chi connectivity index (χ1v) is 6.77. The summed E-state index contributed by atoms with van der Waals surface area (Å²) < 4.78 is 0. The summed E-state index contributed by atoms with van der Waals surface area (Å²) in [4.78, 5) is 13.8. The lowest BCUT2D eigenvalue weighted by Crippen LogP contribution is -2.49. The third-order valence-corrected chi connectivity index (χ3v) is 2.98. The van der Waals surface area contributed by atoms with Crippen LogP contribution in [0.4, 0.5) is 0 Å². The van der Waals surface area contributed by atoms with Gasteiger partial charge in [-0.25, -0.2) is 0 Å². The van der Waals surface area contributed by atoms with Gasteiger partial charge in [0.1, 0.15) is 5.75 Å². The number of likely N-dealkylation sites (N-methyl/N-ethyl adjacent to an activating group) is 1. The minimum Gasteiger partial charge on any atom is -0.508 e. The number of carbonyl (C=O) groups is 1. The van der Waals surface area contributed by atoms with Crippen molar-refractivity contribution >= 4 is 5.91 Å². The largest absolute Gasteiger partial charge is 0.508 e. The van der Waals surface area contributed by atoms with Crippen molar-refractivity contribution in [2.45, 2.75) is 38.8 Å². The van der Waals surface area contributed by atoms with Crippen molar-refractivity contribution in [1.29, 1.82) is 0 Å². The highest BCUT2D eigenvalue weighted by Crippen LogP contribution is 2.12. The standard InChI is InChI=1S/C15H24N2O3/c1-4-17(10-15(2,3)20)14(19)13(16)9-11-5-7-12(18)8-6-11/h5-8,13,18,20H,4,9-10,16H2,1-3H3. The number of hydrogen-bond donors (Lipinski definition) is 3. The number of benzene rings is 1. The molecule has 0 spiro atoms. The normalized spacial score (nSPS) is 13.1. The minimum absolute atomic E-state index is 0.178. The third-order valence-electron chi connectivity index (χ3n) is 2.98. The van der Waals surface area contributed by atoms with Crippen LogP contribution in [-0.4, -0.2) is 45.8 Å². The van der Waals surface area contributed by atoms with Gasteiger partial charge >= 0.3 is 0 Å². The number of phenolic OH excluding ortho intramolecular Hbond substituents is 1. The van der Waals surface area contributed by atoms with Crippen molar-refractivity contribution < 1.29 is 15.0 Å². The minimum atomic E-state index is -0.941. The second-order valence-electron chi connectivity index (χ2n) is 5.64. The number of carbonyl (C=O) groups excluding carboxylic acids is 1. The summed E-state index contributed by atoms with van der Waals surface area (Å²) >= 11 is 0. The van der Waals surface area contributed by atoms with E-state index in [-0.39, 0.29) is 18.2 Å². The molecule has 0 aliphatic carbocycles. The van der Waals surface area contributed by atoms with Gasteiger partial charge in [0, 0.05) is 13.1 Å². The zero-order valence-electron chi connectivity index (χ0n) is 12.3. The van der Waals surface area contributed by atoms with E-state index in [2.05, 4.69) is 0 Å². The van der Waals surface area contributed by atoms with E-state index in [0.717, 1.165) is 5.56 Å². The average molecular weight is 280 g/mol. The Hall–Kier alpha value is -1.59. The Bertz CT molecular complexity index is 437. The summed E-state index contributed by atoms with van der Waals surface area (Å²) in [6.45, 7) is 5.94. The van der Waals surface area contributed by atoms with Crippen molar-refractivity contribution in [3.05, 3.63) is 29.8 Å². The molecule has 1 rings (SSSR count). The van der Waals surface area contributed by atoms with Crippen molar-refractivity contribution in [1.82, 2.24) is 4.90 Å². The summed E-state index contributed by atoms with van der Waals surface area (Å²) in [5, 5.41) is 19.0. The van der Waals surface area contributed by atoms with Gasteiger partial charge in [-0.1, -0.05) is 12.1 Å². The van der Waals surface area contributed by atoms with Gasteiger partial charge in [-0.05, 0) is 44.9 Å². The molecule has 0 aliphatic heterocycles. The predicted octanol–water partition coefficient (Wildman–Crippen LogP) is 0.881. The molecule has 1 unspecified atom stereocenters. The summed E-state index contributed by atoms with van der Waals surface area (Å²) in [6, 6.07) is 5.98. The molecular weight excluding hydrogens is 256 g/mol. The molecule has 0 radical (unpaired) electrons. The highest BCUT2D eigenvalue weighted by Gasteiger charge is 2.25. The average Bonchev–Trinajstić information content (AvgIpc) is 2.36. The first-order valence-electron chi connectivity index (χ1n) is 6.77. The van der Waals surface area contributed by atoms with Crippen LogP contribution in [0.3, 0.4) is 0 Å². The molecule has 20 heavy (non-hydrogen) atoms. The number of aromatic hydroxyl groups is 1. The molecule has 5 heteroatoms. The molecular formula is C15H24N2O3. The summed E-state index contributed by atoms with van der Waals surface area (Å²) in [7, 11) is 0. The number of aliphatic hydroxyl groups is 1. The molecule has 0 bridgehead atoms. The monoisotopic (exact) mass is 280 g/mol. The van der Waals surface area contributed by atoms with Gasteiger partial charge in [0.2, 0.25) is 5.91 Å². The summed E-state index contributed by atoms with van der Waals surface area (Å²) in [5.74, 6) is 0.00793. The fourth-order valence-electron chi connectivity index (χ4n) is 2.02. The van der Waals surface area contributed by atoms with Gasteiger partial charge < -0.3 is 20.8 Å². The van der Waals surface area contributed by atoms with E-state index in [0.29, 0.717) is 13.0 Å². The zero-order chi connectivity index (χ0) is 15.3. The molecule has 0 aliphatic rings. The molecule has 1 aromatic rings. The Morgan fingerprint density at radius 3 is 2.35 bits per heavy atom. The lowest BCUT2D eigenvalue weighted by molar-refractivity contribution is -0.135. The van der Waals surface area contributed by atoms with Gasteiger partial charge in [-0.2, -0.15) is 0 Å². The molecule has 1 aromatic carbocycles. The molecule has 0 fully saturated rings. The molecule has 0 aromatic heterocycles. The van der Waals surface area contributed by atoms with Crippen molar-refractivity contribution in [2.75, 3.05) is 13.1 Å². The Morgan fingerprint density at radius 1 is 1.35 bits per heavy atom. The van der Waals surface area contributed by atoms with Gasteiger partial charge in [-0.3, -0.25) is 4.79 Å². The molecule has 0 saturated heterocycles. The maximum atomic E-state index is 12.3. The smallest absolute Gasteiger partial charge is 0.239 e. The van der Waals surface area contributed by atoms with Gasteiger partial charge in [0.05, 0.1) is 11.6 Å². The van der Waals surface area contributed by atoms with Gasteiger partial charge in [0.25, 0.3) is 0 Å². The molecule has 0 saturated carbocycles. The molecule has 0 heterocycles. The van der Waals surface area contributed by atoms with E-state index >= 15 is 0 Å². The van der Waals surface area contributed by atoms with Crippen LogP contribution >= 0.6 is 0 Å². The Balaban J connectivity index is 2.67. The van der Waals surface area contributed by atoms with Crippen LogP contribution in [0.15, 0.2) is 24.3 Å². The summed E-state index contributed by atoms with van der Waals surface area (Å²) in [5.41, 5.74) is 5.90. The Kier molecular flexibility index (Phi) is 5.53. The van der Waals surface area contributed by atoms with Gasteiger partial charge in [0.15, 0.2) is 0 Å². The first-order chi connectivity index (χ1) is 9.23. The highest BCUT2D eigenvalue weighted by atomic mass is 16.3. The Morgan fingerprint density at radius 2 is 1.90 bits per heavy atom. The van der Waals surface area contributed by atoms with Crippen LogP contribution in [0.2, 0.25) is 0 Å². The van der Waals surface area contributed by atoms with Crippen molar-refractivity contribution in [3.8, 4) is 5.75 Å². The van der Waals surface area contributed by atoms with Crippen LogP contribution in [-0.2, 0) is 11.2 Å². The van der Waals surface area contributed by atoms with Gasteiger partial charge in [-0.15, -0.1) is 0 Å². The first kappa shape index (κ1) is 16.5. The predicted molar refractivity (Wildman–Crippen MR) is 78.3 cm³/mol. The SMILES string of the molecule is CCN(CC(C)(C)O)C(=O)C(N)Cc1ccc(O)cc1. The molecule has 1 amide bonds. The molecule has 1 atom stereocenters. The van der Waals surface area contributed by atoms with Crippen molar-refractivity contribution in [2.24, 2.45) is 5.73 Å². The van der Waals surface area contributed by atoms with Crippen molar-refractivity contribution in [3.63, 3.8) is 0 Å². The number of rotatable bonds is 6. The number of phenols is 1. The fraction of sp³-hybridized carbons (Fsp3) is 0.533. The number of nitrogens with two attached hydrogens (primary N) is 1.